The zero-order valence-corrected chi connectivity index (χ0v) is 16.7. The zero-order valence-electron chi connectivity index (χ0n) is 15.9. The molecule has 2 saturated heterocycles. The number of aryl methyl sites for hydroxylation is 1. The second-order valence-electron chi connectivity index (χ2n) is 7.57. The molecule has 3 heterocycles. The van der Waals surface area contributed by atoms with Crippen molar-refractivity contribution in [2.75, 3.05) is 31.9 Å². The van der Waals surface area contributed by atoms with Crippen molar-refractivity contribution in [1.29, 1.82) is 0 Å². The maximum absolute atomic E-state index is 14.0. The van der Waals surface area contributed by atoms with Gasteiger partial charge in [-0.1, -0.05) is 5.16 Å². The van der Waals surface area contributed by atoms with Crippen LogP contribution in [0.1, 0.15) is 34.9 Å². The van der Waals surface area contributed by atoms with Gasteiger partial charge < -0.3 is 9.42 Å². The normalized spacial score (nSPS) is 21.5. The average molecular weight is 426 g/mol. The third-order valence-corrected chi connectivity index (χ3v) is 7.47. The minimum absolute atomic E-state index is 0.0458. The van der Waals surface area contributed by atoms with Crippen molar-refractivity contribution in [3.63, 3.8) is 0 Å². The smallest absolute Gasteiger partial charge is 0.256 e. The summed E-state index contributed by atoms with van der Waals surface area (Å²) in [7, 11) is -3.45. The van der Waals surface area contributed by atoms with Crippen molar-refractivity contribution in [3.8, 4) is 0 Å². The van der Waals surface area contributed by atoms with Crippen LogP contribution in [0.2, 0.25) is 0 Å². The molecule has 1 amide bonds. The van der Waals surface area contributed by atoms with E-state index in [2.05, 4.69) is 10.1 Å². The van der Waals surface area contributed by atoms with E-state index in [1.165, 1.54) is 9.21 Å². The van der Waals surface area contributed by atoms with Gasteiger partial charge in [0.1, 0.15) is 11.6 Å². The molecule has 2 aliphatic rings. The highest BCUT2D eigenvalue weighted by molar-refractivity contribution is 7.89. The molecule has 2 fully saturated rings. The Balaban J connectivity index is 1.60. The number of aromatic nitrogens is 2. The molecule has 1 unspecified atom stereocenters. The highest BCUT2D eigenvalue weighted by Crippen LogP contribution is 2.49. The van der Waals surface area contributed by atoms with E-state index < -0.39 is 33.0 Å². The molecule has 2 aromatic rings. The van der Waals surface area contributed by atoms with Gasteiger partial charge in [-0.15, -0.1) is 0 Å². The van der Waals surface area contributed by atoms with Gasteiger partial charge in [-0.3, -0.25) is 4.79 Å². The molecule has 0 bridgehead atoms. The molecule has 0 N–H and O–H groups in total. The molecule has 2 aliphatic heterocycles. The van der Waals surface area contributed by atoms with Crippen LogP contribution >= 0.6 is 0 Å². The van der Waals surface area contributed by atoms with Crippen molar-refractivity contribution >= 4 is 15.9 Å². The second-order valence-corrected chi connectivity index (χ2v) is 9.83. The number of benzene rings is 1. The summed E-state index contributed by atoms with van der Waals surface area (Å²) < 4.78 is 58.9. The number of halogens is 2. The molecule has 0 radical (unpaired) electrons. The van der Waals surface area contributed by atoms with Gasteiger partial charge in [0.25, 0.3) is 5.91 Å². The number of sulfonamides is 1. The van der Waals surface area contributed by atoms with Crippen LogP contribution in [0.3, 0.4) is 0 Å². The molecule has 0 saturated carbocycles. The van der Waals surface area contributed by atoms with E-state index in [0.29, 0.717) is 11.7 Å². The van der Waals surface area contributed by atoms with Gasteiger partial charge in [0.2, 0.25) is 15.9 Å². The topological polar surface area (TPSA) is 96.6 Å². The van der Waals surface area contributed by atoms with E-state index in [1.807, 2.05) is 0 Å². The van der Waals surface area contributed by atoms with E-state index in [-0.39, 0.29) is 43.4 Å². The van der Waals surface area contributed by atoms with Gasteiger partial charge in [-0.2, -0.15) is 4.98 Å². The van der Waals surface area contributed by atoms with Gasteiger partial charge in [0.05, 0.1) is 17.2 Å². The van der Waals surface area contributed by atoms with Crippen molar-refractivity contribution < 1.29 is 26.5 Å². The van der Waals surface area contributed by atoms with E-state index in [4.69, 9.17) is 4.52 Å². The number of hydrogen-bond donors (Lipinski definition) is 0. The van der Waals surface area contributed by atoms with Crippen LogP contribution in [-0.2, 0) is 10.0 Å². The van der Waals surface area contributed by atoms with Gasteiger partial charge in [0, 0.05) is 31.6 Å². The van der Waals surface area contributed by atoms with Gasteiger partial charge >= 0.3 is 0 Å². The van der Waals surface area contributed by atoms with Crippen molar-refractivity contribution in [2.45, 2.75) is 19.8 Å². The van der Waals surface area contributed by atoms with Crippen LogP contribution in [0.4, 0.5) is 8.78 Å². The number of hydrogen-bond acceptors (Lipinski definition) is 6. The highest BCUT2D eigenvalue weighted by atomic mass is 32.2. The van der Waals surface area contributed by atoms with Crippen molar-refractivity contribution in [1.82, 2.24) is 19.3 Å². The molecule has 0 aliphatic carbocycles. The first-order valence-electron chi connectivity index (χ1n) is 9.17. The van der Waals surface area contributed by atoms with Crippen molar-refractivity contribution in [3.05, 3.63) is 47.1 Å². The summed E-state index contributed by atoms with van der Waals surface area (Å²) in [6, 6.07) is 2.72. The predicted octanol–water partition coefficient (Wildman–Crippen LogP) is 1.55. The fourth-order valence-electron chi connectivity index (χ4n) is 4.12. The average Bonchev–Trinajstić information content (AvgIpc) is 3.26. The summed E-state index contributed by atoms with van der Waals surface area (Å²) in [6.45, 7) is 3.97. The van der Waals surface area contributed by atoms with Crippen LogP contribution in [0, 0.1) is 24.0 Å². The quantitative estimate of drug-likeness (QED) is 0.736. The van der Waals surface area contributed by atoms with Gasteiger partial charge in [-0.25, -0.2) is 21.5 Å². The number of rotatable bonds is 4. The lowest BCUT2D eigenvalue weighted by Crippen LogP contribution is -2.61. The Morgan fingerprint density at radius 1 is 1.31 bits per heavy atom. The number of likely N-dealkylation sites (tertiary alicyclic amines) is 1. The summed E-state index contributed by atoms with van der Waals surface area (Å²) >= 11 is 0. The maximum atomic E-state index is 14.0. The molecule has 8 nitrogen and oxygen atoms in total. The lowest BCUT2D eigenvalue weighted by Gasteiger charge is -2.50. The van der Waals surface area contributed by atoms with Crippen LogP contribution in [-0.4, -0.2) is 65.6 Å². The standard InChI is InChI=1S/C18H20F2N4O4S/c1-3-29(26,27)24-7-14(16-21-11(2)22-28-16)18(10-24)8-23(9-18)17(25)13-6-12(19)4-5-15(13)20/h4-6,14H,3,7-10H2,1-2H3. The molecule has 1 aromatic heterocycles. The van der Waals surface area contributed by atoms with Crippen LogP contribution in [0.25, 0.3) is 0 Å². The molecule has 11 heteroatoms. The second kappa shape index (κ2) is 6.84. The molecule has 4 rings (SSSR count). The number of carbonyl (C=O) groups is 1. The fourth-order valence-corrected chi connectivity index (χ4v) is 5.32. The van der Waals surface area contributed by atoms with Gasteiger partial charge in [-0.05, 0) is 32.0 Å². The minimum Gasteiger partial charge on any atom is -0.339 e. The molecular formula is C18H20F2N4O4S. The Kier molecular flexibility index (Phi) is 4.69. The monoisotopic (exact) mass is 426 g/mol. The first-order chi connectivity index (χ1) is 13.6. The number of nitrogens with zero attached hydrogens (tertiary/aromatic N) is 4. The molecule has 29 heavy (non-hydrogen) atoms. The summed E-state index contributed by atoms with van der Waals surface area (Å²) in [6.07, 6.45) is 0. The first-order valence-corrected chi connectivity index (χ1v) is 10.8. The Bertz CT molecular complexity index is 1070. The Labute approximate surface area is 166 Å². The Hall–Kier alpha value is -2.40. The van der Waals surface area contributed by atoms with E-state index >= 15 is 0 Å². The van der Waals surface area contributed by atoms with E-state index in [0.717, 1.165) is 18.2 Å². The summed E-state index contributed by atoms with van der Waals surface area (Å²) in [5.74, 6) is -1.82. The molecule has 1 aromatic carbocycles. The SMILES string of the molecule is CCS(=O)(=O)N1CC(c2nc(C)no2)C2(CN(C(=O)c3cc(F)ccc3F)C2)C1. The number of carbonyl (C=O) groups excluding carboxylic acids is 1. The zero-order chi connectivity index (χ0) is 21.0. The number of amides is 1. The summed E-state index contributed by atoms with van der Waals surface area (Å²) in [4.78, 5) is 18.3. The van der Waals surface area contributed by atoms with E-state index in [1.54, 1.807) is 13.8 Å². The molecular weight excluding hydrogens is 406 g/mol. The third kappa shape index (κ3) is 3.31. The summed E-state index contributed by atoms with van der Waals surface area (Å²) in [5, 5.41) is 3.79. The van der Waals surface area contributed by atoms with Crippen LogP contribution in [0.5, 0.6) is 0 Å². The van der Waals surface area contributed by atoms with Crippen LogP contribution < -0.4 is 0 Å². The molecule has 1 spiro atoms. The largest absolute Gasteiger partial charge is 0.339 e. The molecule has 1 atom stereocenters. The van der Waals surface area contributed by atoms with Gasteiger partial charge in [0.15, 0.2) is 5.82 Å². The highest BCUT2D eigenvalue weighted by Gasteiger charge is 2.59. The van der Waals surface area contributed by atoms with Crippen molar-refractivity contribution in [2.24, 2.45) is 5.41 Å². The van der Waals surface area contributed by atoms with Crippen LogP contribution in [0.15, 0.2) is 22.7 Å². The Morgan fingerprint density at radius 3 is 2.66 bits per heavy atom. The minimum atomic E-state index is -3.45. The first kappa shape index (κ1) is 19.9. The Morgan fingerprint density at radius 2 is 2.03 bits per heavy atom. The predicted molar refractivity (Wildman–Crippen MR) is 97.5 cm³/mol. The summed E-state index contributed by atoms with van der Waals surface area (Å²) in [5.41, 5.74) is -0.957. The lowest BCUT2D eigenvalue weighted by molar-refractivity contribution is 0.000945. The fraction of sp³-hybridized carbons (Fsp3) is 0.500. The molecule has 156 valence electrons. The lowest BCUT2D eigenvalue weighted by atomic mass is 9.71. The maximum Gasteiger partial charge on any atom is 0.256 e. The van der Waals surface area contributed by atoms with E-state index in [9.17, 15) is 22.0 Å². The third-order valence-electron chi connectivity index (χ3n) is 5.67.